The normalized spacial score (nSPS) is 14.0. The molecule has 0 N–H and O–H groups in total. The number of fused-ring (bicyclic) bond motifs is 2. The van der Waals surface area contributed by atoms with E-state index in [9.17, 15) is 10.1 Å². The molecule has 1 heterocycles. The lowest BCUT2D eigenvalue weighted by molar-refractivity contribution is -0.924. The maximum Gasteiger partial charge on any atom is 0.269 e. The van der Waals surface area contributed by atoms with Crippen LogP contribution in [0.25, 0.3) is 0 Å². The number of nitrogens with zero attached hydrogens (tertiary/aromatic N) is 3. The lowest BCUT2D eigenvalue weighted by atomic mass is 10.1. The summed E-state index contributed by atoms with van der Waals surface area (Å²) in [6, 6.07) is 24.4. The van der Waals surface area contributed by atoms with Gasteiger partial charge in [-0.2, -0.15) is 0 Å². The number of para-hydroxylation sites is 2. The van der Waals surface area contributed by atoms with Gasteiger partial charge in [-0.25, -0.2) is 0 Å². The van der Waals surface area contributed by atoms with Crippen LogP contribution in [0.2, 0.25) is 0 Å². The Kier molecular flexibility index (Phi) is 5.54. The first-order valence-corrected chi connectivity index (χ1v) is 10.9. The summed E-state index contributed by atoms with van der Waals surface area (Å²) in [6.45, 7) is 3.97. The van der Waals surface area contributed by atoms with Crippen molar-refractivity contribution < 1.29 is 9.41 Å². The number of nitro benzene ring substituents is 1. The van der Waals surface area contributed by atoms with E-state index in [0.717, 1.165) is 23.1 Å². The van der Waals surface area contributed by atoms with Crippen LogP contribution < -0.4 is 4.90 Å². The zero-order chi connectivity index (χ0) is 21.3. The second kappa shape index (κ2) is 8.13. The third kappa shape index (κ3) is 4.06. The highest BCUT2D eigenvalue weighted by Gasteiger charge is 2.30. The highest BCUT2D eigenvalue weighted by Crippen LogP contribution is 2.48. The van der Waals surface area contributed by atoms with Crippen molar-refractivity contribution in [2.45, 2.75) is 29.3 Å². The molecule has 154 valence electrons. The molecule has 0 saturated carbocycles. The number of rotatable bonds is 6. The second-order valence-corrected chi connectivity index (χ2v) is 9.44. The fraction of sp³-hybridized carbons (Fsp3) is 0.250. The zero-order valence-electron chi connectivity index (χ0n) is 17.5. The van der Waals surface area contributed by atoms with Gasteiger partial charge in [0, 0.05) is 27.5 Å². The van der Waals surface area contributed by atoms with Gasteiger partial charge in [-0.1, -0.05) is 36.0 Å². The van der Waals surface area contributed by atoms with Crippen LogP contribution in [0.15, 0.2) is 82.6 Å². The molecule has 3 aromatic carbocycles. The summed E-state index contributed by atoms with van der Waals surface area (Å²) in [4.78, 5) is 15.6. The molecule has 4 rings (SSSR count). The van der Waals surface area contributed by atoms with E-state index >= 15 is 0 Å². The van der Waals surface area contributed by atoms with Gasteiger partial charge in [0.1, 0.15) is 12.6 Å². The van der Waals surface area contributed by atoms with E-state index in [0.29, 0.717) is 6.04 Å². The predicted octanol–water partition coefficient (Wildman–Crippen LogP) is 5.86. The average molecular weight is 421 g/mol. The van der Waals surface area contributed by atoms with E-state index in [4.69, 9.17) is 0 Å². The van der Waals surface area contributed by atoms with Crippen LogP contribution in [-0.2, 0) is 6.54 Å². The molecule has 1 aliphatic rings. The molecule has 0 amide bonds. The first-order valence-electron chi connectivity index (χ1n) is 10.0. The summed E-state index contributed by atoms with van der Waals surface area (Å²) in [7, 11) is 4.45. The quantitative estimate of drug-likeness (QED) is 0.285. The minimum Gasteiger partial charge on any atom is -0.334 e. The monoisotopic (exact) mass is 420 g/mol. The molecule has 0 aliphatic carbocycles. The Bertz CT molecular complexity index is 1020. The summed E-state index contributed by atoms with van der Waals surface area (Å²) in [5.41, 5.74) is 3.75. The Balaban J connectivity index is 1.57. The smallest absolute Gasteiger partial charge is 0.269 e. The maximum absolute atomic E-state index is 10.9. The lowest BCUT2D eigenvalue weighted by Crippen LogP contribution is -2.51. The minimum atomic E-state index is -0.352. The second-order valence-electron chi connectivity index (χ2n) is 8.36. The number of nitro groups is 1. The molecule has 6 heteroatoms. The fourth-order valence-corrected chi connectivity index (χ4v) is 4.91. The van der Waals surface area contributed by atoms with Crippen molar-refractivity contribution >= 4 is 28.8 Å². The zero-order valence-corrected chi connectivity index (χ0v) is 18.3. The van der Waals surface area contributed by atoms with Gasteiger partial charge < -0.3 is 9.38 Å². The van der Waals surface area contributed by atoms with Crippen molar-refractivity contribution in [3.05, 3.63) is 88.5 Å². The third-order valence-electron chi connectivity index (χ3n) is 5.91. The molecule has 1 aliphatic heterocycles. The molecule has 3 aromatic rings. The lowest BCUT2D eigenvalue weighted by Gasteiger charge is -2.41. The van der Waals surface area contributed by atoms with Gasteiger partial charge in [0.25, 0.3) is 5.69 Å². The Hall–Kier alpha value is -2.83. The van der Waals surface area contributed by atoms with Crippen molar-refractivity contribution in [2.24, 2.45) is 0 Å². The van der Waals surface area contributed by atoms with Crippen molar-refractivity contribution in [2.75, 3.05) is 25.5 Å². The number of non-ortho nitro benzene ring substituents is 1. The molecule has 0 bridgehead atoms. The molecule has 0 fully saturated rings. The number of quaternary nitrogens is 1. The number of anilines is 2. The summed E-state index contributed by atoms with van der Waals surface area (Å²) >= 11 is 1.83. The Labute approximate surface area is 181 Å². The van der Waals surface area contributed by atoms with E-state index in [1.165, 1.54) is 21.2 Å². The van der Waals surface area contributed by atoms with Gasteiger partial charge in [0.05, 0.1) is 36.9 Å². The molecule has 0 radical (unpaired) electrons. The van der Waals surface area contributed by atoms with Gasteiger partial charge in [-0.15, -0.1) is 0 Å². The topological polar surface area (TPSA) is 46.4 Å². The molecule has 1 unspecified atom stereocenters. The number of likely N-dealkylation sites (N-methyl/N-ethyl adjacent to an activating group) is 1. The van der Waals surface area contributed by atoms with Crippen LogP contribution in [-0.4, -0.2) is 36.1 Å². The largest absolute Gasteiger partial charge is 0.334 e. The molecule has 0 spiro atoms. The van der Waals surface area contributed by atoms with E-state index in [-0.39, 0.29) is 10.6 Å². The van der Waals surface area contributed by atoms with Crippen LogP contribution in [0.3, 0.4) is 0 Å². The summed E-state index contributed by atoms with van der Waals surface area (Å²) in [5.74, 6) is 0. The summed E-state index contributed by atoms with van der Waals surface area (Å²) in [5, 5.41) is 10.9. The van der Waals surface area contributed by atoms with Crippen LogP contribution >= 0.6 is 11.8 Å². The first-order chi connectivity index (χ1) is 14.3. The van der Waals surface area contributed by atoms with E-state index in [1.54, 1.807) is 12.1 Å². The van der Waals surface area contributed by atoms with Crippen LogP contribution in [0.4, 0.5) is 17.1 Å². The standard InChI is InChI=1S/C24H26N3O2S/c1-18(27(2,3)17-19-12-14-20(15-13-19)26(28)29)16-25-21-8-4-6-10-23(21)30-24-11-7-5-9-22(24)25/h4-15,18H,16-17H2,1-3H3/q+1. The van der Waals surface area contributed by atoms with Crippen LogP contribution in [0.5, 0.6) is 0 Å². The Morgan fingerprint density at radius 2 is 1.47 bits per heavy atom. The Morgan fingerprint density at radius 1 is 0.933 bits per heavy atom. The van der Waals surface area contributed by atoms with Crippen molar-refractivity contribution in [1.82, 2.24) is 0 Å². The molecule has 1 atom stereocenters. The van der Waals surface area contributed by atoms with Gasteiger partial charge in [-0.05, 0) is 43.3 Å². The van der Waals surface area contributed by atoms with Crippen LogP contribution in [0.1, 0.15) is 12.5 Å². The molecule has 30 heavy (non-hydrogen) atoms. The number of hydrogen-bond donors (Lipinski definition) is 0. The van der Waals surface area contributed by atoms with Crippen molar-refractivity contribution in [1.29, 1.82) is 0 Å². The van der Waals surface area contributed by atoms with Crippen LogP contribution in [0, 0.1) is 10.1 Å². The molecular weight excluding hydrogens is 394 g/mol. The molecule has 0 saturated heterocycles. The molecular formula is C24H26N3O2S+. The number of benzene rings is 3. The van der Waals surface area contributed by atoms with Gasteiger partial charge in [0.2, 0.25) is 0 Å². The van der Waals surface area contributed by atoms with E-state index in [2.05, 4.69) is 74.4 Å². The van der Waals surface area contributed by atoms with Gasteiger partial charge >= 0.3 is 0 Å². The van der Waals surface area contributed by atoms with E-state index < -0.39 is 0 Å². The summed E-state index contributed by atoms with van der Waals surface area (Å²) in [6.07, 6.45) is 0. The third-order valence-corrected chi connectivity index (χ3v) is 7.04. The van der Waals surface area contributed by atoms with Crippen molar-refractivity contribution in [3.63, 3.8) is 0 Å². The summed E-state index contributed by atoms with van der Waals surface area (Å²) < 4.78 is 0.784. The average Bonchev–Trinajstić information content (AvgIpc) is 2.73. The van der Waals surface area contributed by atoms with Gasteiger partial charge in [0.15, 0.2) is 0 Å². The Morgan fingerprint density at radius 3 is 2.00 bits per heavy atom. The molecule has 0 aromatic heterocycles. The van der Waals surface area contributed by atoms with Crippen molar-refractivity contribution in [3.8, 4) is 0 Å². The predicted molar refractivity (Wildman–Crippen MR) is 122 cm³/mol. The molecule has 5 nitrogen and oxygen atoms in total. The SMILES string of the molecule is CC(CN1c2ccccc2Sc2ccccc21)[N+](C)(C)Cc1ccc([N+](=O)[O-])cc1. The first kappa shape index (κ1) is 20.4. The number of hydrogen-bond acceptors (Lipinski definition) is 4. The van der Waals surface area contributed by atoms with E-state index in [1.807, 2.05) is 23.9 Å². The highest BCUT2D eigenvalue weighted by molar-refractivity contribution is 7.99. The minimum absolute atomic E-state index is 0.135. The highest BCUT2D eigenvalue weighted by atomic mass is 32.2. The van der Waals surface area contributed by atoms with Gasteiger partial charge in [-0.3, -0.25) is 10.1 Å². The fourth-order valence-electron chi connectivity index (χ4n) is 3.81. The maximum atomic E-state index is 10.9.